The standard InChI is InChI=1S/C22H24FN5O2/c1-28-12-14(11-24-28)13-5-6-16(19(29)9-13)17-7-8-21(27-26-17)30-20-10-15-3-2-4-18(25-15)22(20)23/h5-9,11-12,15,18,20,22,25,29H,2-4,10H2,1H3/t15-,18+,20+,22-/m0/s1. The second-order valence-corrected chi connectivity index (χ2v) is 8.13. The number of aryl methyl sites for hydroxylation is 1. The molecular formula is C22H24FN5O2. The van der Waals surface area contributed by atoms with Crippen LogP contribution in [-0.4, -0.2) is 49.4 Å². The van der Waals surface area contributed by atoms with Crippen molar-refractivity contribution in [2.75, 3.05) is 0 Å². The van der Waals surface area contributed by atoms with Gasteiger partial charge in [-0.3, -0.25) is 4.68 Å². The Labute approximate surface area is 173 Å². The Kier molecular flexibility index (Phi) is 4.86. The zero-order valence-electron chi connectivity index (χ0n) is 16.7. The van der Waals surface area contributed by atoms with Gasteiger partial charge in [-0.1, -0.05) is 12.5 Å². The summed E-state index contributed by atoms with van der Waals surface area (Å²) in [5.74, 6) is 0.409. The van der Waals surface area contributed by atoms with Crippen LogP contribution in [0.4, 0.5) is 4.39 Å². The lowest BCUT2D eigenvalue weighted by Gasteiger charge is -2.42. The number of piperidine rings is 2. The van der Waals surface area contributed by atoms with Gasteiger partial charge in [-0.2, -0.15) is 5.10 Å². The molecule has 2 bridgehead atoms. The molecule has 4 atom stereocenters. The predicted octanol–water partition coefficient (Wildman–Crippen LogP) is 3.25. The molecule has 0 saturated carbocycles. The van der Waals surface area contributed by atoms with Crippen molar-refractivity contribution >= 4 is 0 Å². The lowest BCUT2D eigenvalue weighted by Crippen LogP contribution is -2.59. The van der Waals surface area contributed by atoms with Gasteiger partial charge in [-0.15, -0.1) is 10.2 Å². The van der Waals surface area contributed by atoms with E-state index in [2.05, 4.69) is 20.6 Å². The summed E-state index contributed by atoms with van der Waals surface area (Å²) in [5, 5.41) is 26.3. The van der Waals surface area contributed by atoms with Crippen molar-refractivity contribution in [3.05, 3.63) is 42.7 Å². The van der Waals surface area contributed by atoms with Crippen LogP contribution in [0, 0.1) is 0 Å². The highest BCUT2D eigenvalue weighted by Gasteiger charge is 2.41. The molecule has 156 valence electrons. The number of phenols is 1. The Morgan fingerprint density at radius 3 is 2.80 bits per heavy atom. The van der Waals surface area contributed by atoms with Crippen LogP contribution in [-0.2, 0) is 7.05 Å². The minimum atomic E-state index is -1.05. The Morgan fingerprint density at radius 1 is 1.17 bits per heavy atom. The fourth-order valence-electron chi connectivity index (χ4n) is 4.45. The molecule has 2 fully saturated rings. The van der Waals surface area contributed by atoms with Crippen LogP contribution in [0.15, 0.2) is 42.7 Å². The quantitative estimate of drug-likeness (QED) is 0.688. The minimum Gasteiger partial charge on any atom is -0.507 e. The number of halogens is 1. The number of benzene rings is 1. The summed E-state index contributed by atoms with van der Waals surface area (Å²) in [4.78, 5) is 0. The third kappa shape index (κ3) is 3.63. The molecule has 0 aliphatic carbocycles. The summed E-state index contributed by atoms with van der Waals surface area (Å²) in [7, 11) is 1.85. The first-order valence-electron chi connectivity index (χ1n) is 10.3. The number of alkyl halides is 1. The summed E-state index contributed by atoms with van der Waals surface area (Å²) >= 11 is 0. The van der Waals surface area contributed by atoms with Crippen LogP contribution in [0.5, 0.6) is 11.6 Å². The molecule has 2 aliphatic heterocycles. The lowest BCUT2D eigenvalue weighted by molar-refractivity contribution is 0.00652. The molecule has 5 rings (SSSR count). The molecule has 0 unspecified atom stereocenters. The van der Waals surface area contributed by atoms with E-state index in [1.807, 2.05) is 19.3 Å². The van der Waals surface area contributed by atoms with E-state index >= 15 is 0 Å². The van der Waals surface area contributed by atoms with E-state index in [1.165, 1.54) is 0 Å². The van der Waals surface area contributed by atoms with Gasteiger partial charge >= 0.3 is 0 Å². The van der Waals surface area contributed by atoms with E-state index in [9.17, 15) is 9.50 Å². The zero-order chi connectivity index (χ0) is 20.7. The number of phenolic OH excluding ortho intramolecular Hbond substituents is 1. The molecule has 0 radical (unpaired) electrons. The van der Waals surface area contributed by atoms with Gasteiger partial charge in [-0.05, 0) is 36.6 Å². The highest BCUT2D eigenvalue weighted by atomic mass is 19.1. The number of fused-ring (bicyclic) bond motifs is 2. The van der Waals surface area contributed by atoms with E-state index < -0.39 is 12.3 Å². The molecule has 1 aromatic carbocycles. The van der Waals surface area contributed by atoms with E-state index in [1.54, 1.807) is 35.1 Å². The van der Waals surface area contributed by atoms with E-state index in [0.29, 0.717) is 29.6 Å². The average molecular weight is 409 g/mol. The Hall–Kier alpha value is -3.00. The van der Waals surface area contributed by atoms with Crippen LogP contribution < -0.4 is 10.1 Å². The molecule has 8 heteroatoms. The molecule has 4 heterocycles. The molecule has 7 nitrogen and oxygen atoms in total. The average Bonchev–Trinajstić information content (AvgIpc) is 3.19. The van der Waals surface area contributed by atoms with Crippen molar-refractivity contribution in [2.45, 2.75) is 50.0 Å². The smallest absolute Gasteiger partial charge is 0.233 e. The normalized spacial score (nSPS) is 25.8. The van der Waals surface area contributed by atoms with Crippen molar-refractivity contribution in [3.63, 3.8) is 0 Å². The number of aromatic hydroxyl groups is 1. The first kappa shape index (κ1) is 19.0. The predicted molar refractivity (Wildman–Crippen MR) is 110 cm³/mol. The first-order valence-corrected chi connectivity index (χ1v) is 10.3. The Balaban J connectivity index is 1.31. The molecular weight excluding hydrogens is 385 g/mol. The van der Waals surface area contributed by atoms with Crippen molar-refractivity contribution in [1.82, 2.24) is 25.3 Å². The topological polar surface area (TPSA) is 85.1 Å². The Bertz CT molecular complexity index is 1040. The lowest BCUT2D eigenvalue weighted by atomic mass is 9.84. The maximum Gasteiger partial charge on any atom is 0.233 e. The van der Waals surface area contributed by atoms with Crippen molar-refractivity contribution in [2.24, 2.45) is 7.05 Å². The fraction of sp³-hybridized carbons (Fsp3) is 0.409. The molecule has 2 N–H and O–H groups in total. The highest BCUT2D eigenvalue weighted by Crippen LogP contribution is 2.33. The summed E-state index contributed by atoms with van der Waals surface area (Å²) in [5.41, 5.74) is 2.88. The van der Waals surface area contributed by atoms with Crippen molar-refractivity contribution in [3.8, 4) is 34.0 Å². The molecule has 0 amide bonds. The Morgan fingerprint density at radius 2 is 2.07 bits per heavy atom. The molecule has 2 aliphatic rings. The van der Waals surface area contributed by atoms with Crippen LogP contribution in [0.2, 0.25) is 0 Å². The maximum atomic E-state index is 14.7. The molecule has 3 aromatic rings. The number of nitrogens with one attached hydrogen (secondary N) is 1. The van der Waals surface area contributed by atoms with Gasteiger partial charge in [0.2, 0.25) is 5.88 Å². The van der Waals surface area contributed by atoms with Gasteiger partial charge in [0.15, 0.2) is 6.17 Å². The van der Waals surface area contributed by atoms with E-state index in [-0.39, 0.29) is 11.8 Å². The number of nitrogens with zero attached hydrogens (tertiary/aromatic N) is 4. The number of aromatic nitrogens is 4. The summed E-state index contributed by atoms with van der Waals surface area (Å²) in [6, 6.07) is 8.97. The fourth-order valence-corrected chi connectivity index (χ4v) is 4.45. The number of rotatable bonds is 4. The molecule has 2 saturated heterocycles. The number of ether oxygens (including phenoxy) is 1. The SMILES string of the molecule is Cn1cc(-c2ccc(-c3ccc(O[C@@H]4C[C@@H]5CCC[C@@H](N5)[C@@H]4F)nn3)c(O)c2)cn1. The monoisotopic (exact) mass is 409 g/mol. The van der Waals surface area contributed by atoms with Gasteiger partial charge in [0.25, 0.3) is 0 Å². The second kappa shape index (κ2) is 7.68. The van der Waals surface area contributed by atoms with Crippen molar-refractivity contribution < 1.29 is 14.2 Å². The number of hydrogen-bond acceptors (Lipinski definition) is 6. The van der Waals surface area contributed by atoms with Gasteiger partial charge < -0.3 is 15.2 Å². The number of hydrogen-bond donors (Lipinski definition) is 2. The maximum absolute atomic E-state index is 14.7. The van der Waals surface area contributed by atoms with Crippen LogP contribution in [0.25, 0.3) is 22.4 Å². The van der Waals surface area contributed by atoms with Gasteiger partial charge in [-0.25, -0.2) is 4.39 Å². The summed E-state index contributed by atoms with van der Waals surface area (Å²) < 4.78 is 22.3. The first-order chi connectivity index (χ1) is 14.6. The van der Waals surface area contributed by atoms with E-state index in [4.69, 9.17) is 4.74 Å². The third-order valence-corrected chi connectivity index (χ3v) is 6.00. The van der Waals surface area contributed by atoms with Crippen LogP contribution in [0.3, 0.4) is 0 Å². The summed E-state index contributed by atoms with van der Waals surface area (Å²) in [6.45, 7) is 0. The summed E-state index contributed by atoms with van der Waals surface area (Å²) in [6.07, 6.45) is 5.67. The highest BCUT2D eigenvalue weighted by molar-refractivity contribution is 5.73. The van der Waals surface area contributed by atoms with E-state index in [0.717, 1.165) is 30.4 Å². The molecule has 2 aromatic heterocycles. The zero-order valence-corrected chi connectivity index (χ0v) is 16.7. The van der Waals surface area contributed by atoms with Crippen LogP contribution >= 0.6 is 0 Å². The van der Waals surface area contributed by atoms with Crippen molar-refractivity contribution in [1.29, 1.82) is 0 Å². The largest absolute Gasteiger partial charge is 0.507 e. The third-order valence-electron chi connectivity index (χ3n) is 6.00. The van der Waals surface area contributed by atoms with Gasteiger partial charge in [0.1, 0.15) is 11.9 Å². The second-order valence-electron chi connectivity index (χ2n) is 8.13. The molecule has 30 heavy (non-hydrogen) atoms. The van der Waals surface area contributed by atoms with Gasteiger partial charge in [0, 0.05) is 48.9 Å². The minimum absolute atomic E-state index is 0.106. The van der Waals surface area contributed by atoms with Gasteiger partial charge in [0.05, 0.1) is 11.9 Å². The van der Waals surface area contributed by atoms with Crippen LogP contribution in [0.1, 0.15) is 25.7 Å². The molecule has 0 spiro atoms.